The van der Waals surface area contributed by atoms with Gasteiger partial charge in [-0.1, -0.05) is 30.3 Å². The fraction of sp³-hybridized carbons (Fsp3) is 0.308. The van der Waals surface area contributed by atoms with Crippen LogP contribution in [-0.4, -0.2) is 29.1 Å². The van der Waals surface area contributed by atoms with E-state index in [-0.39, 0.29) is 19.4 Å². The van der Waals surface area contributed by atoms with E-state index in [1.807, 2.05) is 11.5 Å². The molecule has 0 aliphatic rings. The Labute approximate surface area is 121 Å². The molecule has 0 aromatic heterocycles. The number of carbonyl (C=O) groups is 3. The summed E-state index contributed by atoms with van der Waals surface area (Å²) in [6.45, 7) is 0.0442. The van der Waals surface area contributed by atoms with Crippen molar-refractivity contribution in [1.29, 1.82) is 0 Å². The summed E-state index contributed by atoms with van der Waals surface area (Å²) in [6, 6.07) is 7.93. The molecule has 0 radical (unpaired) electrons. The molecule has 0 heterocycles. The van der Waals surface area contributed by atoms with Crippen molar-refractivity contribution in [2.75, 3.05) is 0 Å². The molecule has 0 aliphatic carbocycles. The molecule has 8 heteroatoms. The first kappa shape index (κ1) is 16.4. The first-order chi connectivity index (χ1) is 10.0. The molecule has 1 aromatic rings. The van der Waals surface area contributed by atoms with Crippen LogP contribution in [0.2, 0.25) is 0 Å². The van der Waals surface area contributed by atoms with E-state index in [2.05, 4.69) is 5.32 Å². The highest BCUT2D eigenvalue weighted by Gasteiger charge is 2.21. The van der Waals surface area contributed by atoms with Gasteiger partial charge in [-0.2, -0.15) is 0 Å². The Morgan fingerprint density at radius 1 is 1.24 bits per heavy atom. The van der Waals surface area contributed by atoms with Gasteiger partial charge in [-0.3, -0.25) is 15.0 Å². The molecule has 8 nitrogen and oxygen atoms in total. The predicted molar refractivity (Wildman–Crippen MR) is 72.8 cm³/mol. The molecule has 0 spiro atoms. The Kier molecular flexibility index (Phi) is 6.69. The van der Waals surface area contributed by atoms with Gasteiger partial charge in [0.15, 0.2) is 0 Å². The molecule has 0 unspecified atom stereocenters. The van der Waals surface area contributed by atoms with Crippen molar-refractivity contribution in [2.24, 2.45) is 5.84 Å². The molecule has 0 saturated carbocycles. The number of benzene rings is 1. The van der Waals surface area contributed by atoms with Crippen LogP contribution in [0.1, 0.15) is 18.4 Å². The summed E-state index contributed by atoms with van der Waals surface area (Å²) < 4.78 is 4.94. The van der Waals surface area contributed by atoms with Crippen molar-refractivity contribution in [3.8, 4) is 0 Å². The van der Waals surface area contributed by atoms with Gasteiger partial charge in [0.05, 0.1) is 0 Å². The molecule has 2 amide bonds. The lowest BCUT2D eigenvalue weighted by molar-refractivity contribution is -0.137. The van der Waals surface area contributed by atoms with Gasteiger partial charge in [0.2, 0.25) is 0 Å². The van der Waals surface area contributed by atoms with Gasteiger partial charge in [-0.25, -0.2) is 10.6 Å². The third-order valence-electron chi connectivity index (χ3n) is 2.61. The molecule has 5 N–H and O–H groups in total. The van der Waals surface area contributed by atoms with E-state index in [9.17, 15) is 14.4 Å². The van der Waals surface area contributed by atoms with Gasteiger partial charge >= 0.3 is 12.1 Å². The van der Waals surface area contributed by atoms with Crippen LogP contribution in [0.15, 0.2) is 30.3 Å². The SMILES string of the molecule is NNC(=O)[C@H](CCC(=O)O)NC(=O)OCc1ccccc1. The van der Waals surface area contributed by atoms with Gasteiger partial charge in [0, 0.05) is 6.42 Å². The summed E-state index contributed by atoms with van der Waals surface area (Å²) in [5, 5.41) is 10.9. The maximum absolute atomic E-state index is 11.6. The van der Waals surface area contributed by atoms with E-state index in [1.54, 1.807) is 24.3 Å². The fourth-order valence-corrected chi connectivity index (χ4v) is 1.54. The number of hydrogen-bond donors (Lipinski definition) is 4. The summed E-state index contributed by atoms with van der Waals surface area (Å²) in [7, 11) is 0. The smallest absolute Gasteiger partial charge is 0.408 e. The summed E-state index contributed by atoms with van der Waals surface area (Å²) >= 11 is 0. The number of carbonyl (C=O) groups excluding carboxylic acids is 2. The highest BCUT2D eigenvalue weighted by Crippen LogP contribution is 2.02. The van der Waals surface area contributed by atoms with Crippen molar-refractivity contribution >= 4 is 18.0 Å². The number of nitrogens with one attached hydrogen (secondary N) is 2. The van der Waals surface area contributed by atoms with Crippen LogP contribution >= 0.6 is 0 Å². The lowest BCUT2D eigenvalue weighted by atomic mass is 10.1. The second kappa shape index (κ2) is 8.54. The van der Waals surface area contributed by atoms with Crippen molar-refractivity contribution in [1.82, 2.24) is 10.7 Å². The van der Waals surface area contributed by atoms with Crippen LogP contribution < -0.4 is 16.6 Å². The number of carboxylic acid groups (broad SMARTS) is 1. The number of rotatable bonds is 7. The third kappa shape index (κ3) is 6.39. The standard InChI is InChI=1S/C13H17N3O5/c14-16-12(19)10(6-7-11(17)18)15-13(20)21-8-9-4-2-1-3-5-9/h1-5,10H,6-8,14H2,(H,15,20)(H,16,19)(H,17,18)/t10-/m0/s1. The van der Waals surface area contributed by atoms with Gasteiger partial charge in [-0.15, -0.1) is 0 Å². The van der Waals surface area contributed by atoms with Gasteiger partial charge in [0.1, 0.15) is 12.6 Å². The van der Waals surface area contributed by atoms with Gasteiger partial charge < -0.3 is 15.2 Å². The minimum atomic E-state index is -1.08. The second-order valence-electron chi connectivity index (χ2n) is 4.20. The molecule has 1 aromatic carbocycles. The molecule has 0 aliphatic heterocycles. The average Bonchev–Trinajstić information content (AvgIpc) is 2.49. The normalized spacial score (nSPS) is 11.3. The number of ether oxygens (including phenoxy) is 1. The Bertz CT molecular complexity index is 492. The summed E-state index contributed by atoms with van der Waals surface area (Å²) in [6.07, 6.45) is -1.19. The Morgan fingerprint density at radius 3 is 2.48 bits per heavy atom. The van der Waals surface area contributed by atoms with Crippen LogP contribution in [0.25, 0.3) is 0 Å². The predicted octanol–water partition coefficient (Wildman–Crippen LogP) is 0.136. The van der Waals surface area contributed by atoms with Crippen molar-refractivity contribution in [3.05, 3.63) is 35.9 Å². The van der Waals surface area contributed by atoms with Crippen LogP contribution in [-0.2, 0) is 20.9 Å². The number of amides is 2. The number of alkyl carbamates (subject to hydrolysis) is 1. The molecule has 0 bridgehead atoms. The molecule has 0 saturated heterocycles. The molecular weight excluding hydrogens is 278 g/mol. The number of hydrazine groups is 1. The molecular formula is C13H17N3O5. The lowest BCUT2D eigenvalue weighted by Crippen LogP contribution is -2.49. The monoisotopic (exact) mass is 295 g/mol. The van der Waals surface area contributed by atoms with Crippen molar-refractivity contribution in [3.63, 3.8) is 0 Å². The van der Waals surface area contributed by atoms with Gasteiger partial charge in [-0.05, 0) is 12.0 Å². The van der Waals surface area contributed by atoms with E-state index in [0.29, 0.717) is 0 Å². The average molecular weight is 295 g/mol. The van der Waals surface area contributed by atoms with Crippen molar-refractivity contribution < 1.29 is 24.2 Å². The zero-order chi connectivity index (χ0) is 15.7. The molecule has 1 atom stereocenters. The summed E-state index contributed by atoms with van der Waals surface area (Å²) in [5.41, 5.74) is 2.66. The topological polar surface area (TPSA) is 131 Å². The van der Waals surface area contributed by atoms with Crippen LogP contribution in [0, 0.1) is 0 Å². The molecule has 0 fully saturated rings. The minimum Gasteiger partial charge on any atom is -0.481 e. The fourth-order valence-electron chi connectivity index (χ4n) is 1.54. The lowest BCUT2D eigenvalue weighted by Gasteiger charge is -2.16. The molecule has 1 rings (SSSR count). The van der Waals surface area contributed by atoms with Crippen molar-refractivity contribution in [2.45, 2.75) is 25.5 Å². The highest BCUT2D eigenvalue weighted by atomic mass is 16.5. The third-order valence-corrected chi connectivity index (χ3v) is 2.61. The van der Waals surface area contributed by atoms with E-state index < -0.39 is 24.0 Å². The second-order valence-corrected chi connectivity index (χ2v) is 4.20. The zero-order valence-corrected chi connectivity index (χ0v) is 11.2. The highest BCUT2D eigenvalue weighted by molar-refractivity contribution is 5.85. The Hall–Kier alpha value is -2.61. The van der Waals surface area contributed by atoms with E-state index in [4.69, 9.17) is 15.7 Å². The summed E-state index contributed by atoms with van der Waals surface area (Å²) in [5.74, 6) is 3.21. The number of nitrogens with two attached hydrogens (primary N) is 1. The van der Waals surface area contributed by atoms with Crippen LogP contribution in [0.5, 0.6) is 0 Å². The summed E-state index contributed by atoms with van der Waals surface area (Å²) in [4.78, 5) is 33.5. The van der Waals surface area contributed by atoms with Crippen LogP contribution in [0.4, 0.5) is 4.79 Å². The Balaban J connectivity index is 2.47. The van der Waals surface area contributed by atoms with E-state index in [1.165, 1.54) is 0 Å². The maximum atomic E-state index is 11.6. The minimum absolute atomic E-state index is 0.0442. The Morgan fingerprint density at radius 2 is 1.90 bits per heavy atom. The van der Waals surface area contributed by atoms with Crippen LogP contribution in [0.3, 0.4) is 0 Å². The van der Waals surface area contributed by atoms with E-state index >= 15 is 0 Å². The number of hydrogen-bond acceptors (Lipinski definition) is 5. The largest absolute Gasteiger partial charge is 0.481 e. The number of aliphatic carboxylic acids is 1. The first-order valence-corrected chi connectivity index (χ1v) is 6.22. The molecule has 21 heavy (non-hydrogen) atoms. The van der Waals surface area contributed by atoms with E-state index in [0.717, 1.165) is 5.56 Å². The first-order valence-electron chi connectivity index (χ1n) is 6.22. The number of carboxylic acids is 1. The van der Waals surface area contributed by atoms with Gasteiger partial charge in [0.25, 0.3) is 5.91 Å². The molecule has 114 valence electrons. The zero-order valence-electron chi connectivity index (χ0n) is 11.2. The quantitative estimate of drug-likeness (QED) is 0.321. The maximum Gasteiger partial charge on any atom is 0.408 e.